The molecule has 0 radical (unpaired) electrons. The summed E-state index contributed by atoms with van der Waals surface area (Å²) in [6.07, 6.45) is 4.01. The van der Waals surface area contributed by atoms with Gasteiger partial charge < -0.3 is 10.6 Å². The Morgan fingerprint density at radius 2 is 1.76 bits per heavy atom. The maximum absolute atomic E-state index is 14.0. The van der Waals surface area contributed by atoms with E-state index in [1.165, 1.54) is 16.5 Å². The van der Waals surface area contributed by atoms with Crippen LogP contribution in [0.5, 0.6) is 0 Å². The number of hydrogen-bond acceptors (Lipinski definition) is 6. The number of rotatable bonds is 10. The minimum atomic E-state index is -0.982. The van der Waals surface area contributed by atoms with Crippen molar-refractivity contribution in [2.24, 2.45) is 5.92 Å². The zero-order valence-corrected chi connectivity index (χ0v) is 21.7. The minimum Gasteiger partial charge on any atom is -0.354 e. The molecule has 0 aliphatic heterocycles. The Bertz CT molecular complexity index is 1400. The average Bonchev–Trinajstić information content (AvgIpc) is 3.30. The molecule has 4 rings (SSSR count). The molecular weight excluding hydrogens is 482 g/mol. The van der Waals surface area contributed by atoms with Gasteiger partial charge in [-0.2, -0.15) is 0 Å². The van der Waals surface area contributed by atoms with Gasteiger partial charge in [-0.15, -0.1) is 5.10 Å². The highest BCUT2D eigenvalue weighted by atomic mass is 16.2. The van der Waals surface area contributed by atoms with E-state index in [9.17, 15) is 14.4 Å². The van der Waals surface area contributed by atoms with Crippen molar-refractivity contribution in [3.8, 4) is 0 Å². The van der Waals surface area contributed by atoms with Crippen LogP contribution in [0, 0.1) is 5.92 Å². The second-order valence-electron chi connectivity index (χ2n) is 9.39. The summed E-state index contributed by atoms with van der Waals surface area (Å²) in [4.78, 5) is 44.8. The van der Waals surface area contributed by atoms with E-state index in [1.54, 1.807) is 48.8 Å². The van der Waals surface area contributed by atoms with Crippen LogP contribution in [0.4, 0.5) is 11.4 Å². The largest absolute Gasteiger partial charge is 0.354 e. The highest BCUT2D eigenvalue weighted by Crippen LogP contribution is 2.29. The lowest BCUT2D eigenvalue weighted by atomic mass is 10.0. The van der Waals surface area contributed by atoms with Crippen LogP contribution in [0.2, 0.25) is 0 Å². The van der Waals surface area contributed by atoms with Crippen LogP contribution < -0.4 is 15.5 Å². The van der Waals surface area contributed by atoms with Gasteiger partial charge in [-0.3, -0.25) is 24.3 Å². The Labute approximate surface area is 221 Å². The first-order valence-electron chi connectivity index (χ1n) is 12.5. The second-order valence-corrected chi connectivity index (χ2v) is 9.39. The molecule has 3 amide bonds. The van der Waals surface area contributed by atoms with Crippen molar-refractivity contribution in [3.63, 3.8) is 0 Å². The molecule has 0 saturated heterocycles. The Morgan fingerprint density at radius 1 is 1.00 bits per heavy atom. The van der Waals surface area contributed by atoms with E-state index < -0.39 is 6.04 Å². The fourth-order valence-electron chi connectivity index (χ4n) is 4.12. The van der Waals surface area contributed by atoms with Crippen molar-refractivity contribution in [1.29, 1.82) is 0 Å². The molecule has 10 heteroatoms. The van der Waals surface area contributed by atoms with Gasteiger partial charge in [0.25, 0.3) is 0 Å². The summed E-state index contributed by atoms with van der Waals surface area (Å²) in [5.74, 6) is -0.476. The van der Waals surface area contributed by atoms with E-state index in [-0.39, 0.29) is 24.3 Å². The van der Waals surface area contributed by atoms with Crippen LogP contribution in [-0.4, -0.2) is 44.2 Å². The second kappa shape index (κ2) is 12.1. The molecule has 0 saturated carbocycles. The lowest BCUT2D eigenvalue weighted by Gasteiger charge is -2.31. The van der Waals surface area contributed by atoms with Crippen molar-refractivity contribution in [2.45, 2.75) is 39.8 Å². The fraction of sp³-hybridized carbons (Fsp3) is 0.286. The lowest BCUT2D eigenvalue weighted by molar-refractivity contribution is -0.127. The van der Waals surface area contributed by atoms with Crippen LogP contribution >= 0.6 is 0 Å². The molecule has 2 N–H and O–H groups in total. The third-order valence-corrected chi connectivity index (χ3v) is 5.97. The van der Waals surface area contributed by atoms with E-state index in [4.69, 9.17) is 0 Å². The maximum atomic E-state index is 14.0. The number of hydrogen-bond donors (Lipinski definition) is 2. The first-order chi connectivity index (χ1) is 18.3. The van der Waals surface area contributed by atoms with E-state index in [2.05, 4.69) is 39.8 Å². The molecule has 2 aromatic carbocycles. The number of amides is 3. The molecule has 196 valence electrons. The molecule has 0 fully saturated rings. The number of fused-ring (bicyclic) bond motifs is 1. The molecule has 2 heterocycles. The molecule has 0 spiro atoms. The maximum Gasteiger partial charge on any atom is 0.249 e. The Balaban J connectivity index is 1.74. The monoisotopic (exact) mass is 513 g/mol. The Hall–Kier alpha value is -4.60. The molecule has 1 atom stereocenters. The highest BCUT2D eigenvalue weighted by Gasteiger charge is 2.33. The first-order valence-corrected chi connectivity index (χ1v) is 12.5. The number of carbonyl (C=O) groups excluding carboxylic acids is 3. The summed E-state index contributed by atoms with van der Waals surface area (Å²) in [6.45, 7) is 5.93. The summed E-state index contributed by atoms with van der Waals surface area (Å²) in [7, 11) is 0. The van der Waals surface area contributed by atoms with Gasteiger partial charge in [-0.25, -0.2) is 4.68 Å². The van der Waals surface area contributed by atoms with E-state index in [0.717, 1.165) is 6.42 Å². The van der Waals surface area contributed by atoms with Crippen molar-refractivity contribution in [3.05, 3.63) is 78.6 Å². The third-order valence-electron chi connectivity index (χ3n) is 5.97. The molecule has 38 heavy (non-hydrogen) atoms. The molecule has 0 aliphatic carbocycles. The minimum absolute atomic E-state index is 0.135. The Kier molecular flexibility index (Phi) is 8.42. The average molecular weight is 514 g/mol. The van der Waals surface area contributed by atoms with Crippen molar-refractivity contribution >= 4 is 40.1 Å². The van der Waals surface area contributed by atoms with Crippen LogP contribution in [0.1, 0.15) is 38.8 Å². The number of nitrogens with one attached hydrogen (secondary N) is 2. The summed E-state index contributed by atoms with van der Waals surface area (Å²) >= 11 is 0. The van der Waals surface area contributed by atoms with Gasteiger partial charge in [0.1, 0.15) is 18.1 Å². The number of aromatic nitrogens is 4. The fourth-order valence-corrected chi connectivity index (χ4v) is 4.12. The summed E-state index contributed by atoms with van der Waals surface area (Å²) < 4.78 is 1.52. The lowest BCUT2D eigenvalue weighted by Crippen LogP contribution is -2.45. The normalized spacial score (nSPS) is 11.8. The molecule has 0 unspecified atom stereocenters. The van der Waals surface area contributed by atoms with Crippen molar-refractivity contribution in [1.82, 2.24) is 25.3 Å². The number of para-hydroxylation sites is 1. The SMILES string of the molecule is CC(=O)Nc1ccc(N(C(=O)Cn2nnc3ccccc32)[C@H](C(=O)NCCC(C)C)c2cccnc2)cc1. The van der Waals surface area contributed by atoms with Crippen molar-refractivity contribution in [2.75, 3.05) is 16.8 Å². The third kappa shape index (κ3) is 6.39. The molecule has 10 nitrogen and oxygen atoms in total. The predicted molar refractivity (Wildman–Crippen MR) is 145 cm³/mol. The zero-order valence-electron chi connectivity index (χ0n) is 21.7. The first kappa shape index (κ1) is 26.5. The summed E-state index contributed by atoms with van der Waals surface area (Å²) in [5.41, 5.74) is 3.01. The van der Waals surface area contributed by atoms with Gasteiger partial charge in [0.05, 0.1) is 5.52 Å². The smallest absolute Gasteiger partial charge is 0.249 e. The Morgan fingerprint density at radius 3 is 2.45 bits per heavy atom. The molecule has 2 aromatic heterocycles. The van der Waals surface area contributed by atoms with Gasteiger partial charge in [-0.1, -0.05) is 37.3 Å². The molecule has 0 bridgehead atoms. The van der Waals surface area contributed by atoms with E-state index >= 15 is 0 Å². The van der Waals surface area contributed by atoms with Gasteiger partial charge >= 0.3 is 0 Å². The summed E-state index contributed by atoms with van der Waals surface area (Å²) in [5, 5.41) is 14.0. The van der Waals surface area contributed by atoms with Gasteiger partial charge in [0, 0.05) is 42.8 Å². The molecular formula is C28H31N7O3. The van der Waals surface area contributed by atoms with Crippen LogP contribution in [0.25, 0.3) is 11.0 Å². The number of nitrogens with zero attached hydrogens (tertiary/aromatic N) is 5. The molecule has 0 aliphatic rings. The van der Waals surface area contributed by atoms with Crippen LogP contribution in [0.3, 0.4) is 0 Å². The van der Waals surface area contributed by atoms with Crippen LogP contribution in [0.15, 0.2) is 73.1 Å². The zero-order chi connectivity index (χ0) is 27.1. The topological polar surface area (TPSA) is 122 Å². The van der Waals surface area contributed by atoms with E-state index in [0.29, 0.717) is 40.4 Å². The molecule has 4 aromatic rings. The van der Waals surface area contributed by atoms with Gasteiger partial charge in [0.15, 0.2) is 0 Å². The van der Waals surface area contributed by atoms with E-state index in [1.807, 2.05) is 24.3 Å². The number of carbonyl (C=O) groups is 3. The quantitative estimate of drug-likeness (QED) is 0.333. The number of benzene rings is 2. The van der Waals surface area contributed by atoms with Gasteiger partial charge in [0.2, 0.25) is 17.7 Å². The highest BCUT2D eigenvalue weighted by molar-refractivity contribution is 6.01. The van der Waals surface area contributed by atoms with Gasteiger partial charge in [-0.05, 0) is 54.8 Å². The standard InChI is InChI=1S/C28H31N7O3/c1-19(2)14-16-30-28(38)27(21-7-6-15-29-17-21)35(23-12-10-22(11-13-23)31-20(3)36)26(37)18-34-25-9-5-4-8-24(25)32-33-34/h4-13,15,17,19,27H,14,16,18H2,1-3H3,(H,30,38)(H,31,36)/t27-/m0/s1. The predicted octanol–water partition coefficient (Wildman–Crippen LogP) is 3.72. The van der Waals surface area contributed by atoms with Crippen LogP contribution in [-0.2, 0) is 20.9 Å². The van der Waals surface area contributed by atoms with Crippen molar-refractivity contribution < 1.29 is 14.4 Å². The summed E-state index contributed by atoms with van der Waals surface area (Å²) in [6, 6.07) is 16.7. The number of anilines is 2. The number of pyridine rings is 1.